The number of amides is 1. The predicted octanol–water partition coefficient (Wildman–Crippen LogP) is 3.78. The Kier molecular flexibility index (Phi) is 6.52. The van der Waals surface area contributed by atoms with Crippen LogP contribution in [0.3, 0.4) is 0 Å². The second-order valence-electron chi connectivity index (χ2n) is 6.13. The third kappa shape index (κ3) is 4.95. The van der Waals surface area contributed by atoms with Crippen molar-refractivity contribution in [3.8, 4) is 17.2 Å². The topological polar surface area (TPSA) is 81.7 Å². The third-order valence-electron chi connectivity index (χ3n) is 4.28. The third-order valence-corrected chi connectivity index (χ3v) is 4.28. The Morgan fingerprint density at radius 3 is 2.41 bits per heavy atom. The highest BCUT2D eigenvalue weighted by atomic mass is 16.5. The van der Waals surface area contributed by atoms with Gasteiger partial charge in [0.1, 0.15) is 11.4 Å². The van der Waals surface area contributed by atoms with Crippen LogP contribution >= 0.6 is 0 Å². The zero-order chi connectivity index (χ0) is 20.6. The average Bonchev–Trinajstić information content (AvgIpc) is 2.77. The van der Waals surface area contributed by atoms with Crippen LogP contribution in [0.2, 0.25) is 0 Å². The summed E-state index contributed by atoms with van der Waals surface area (Å²) in [5.74, 6) is 1.69. The number of methoxy groups -OCH3 is 3. The number of carbonyl (C=O) groups excluding carboxylic acids is 1. The van der Waals surface area contributed by atoms with Gasteiger partial charge in [0.25, 0.3) is 5.91 Å². The maximum absolute atomic E-state index is 12.5. The van der Waals surface area contributed by atoms with Gasteiger partial charge >= 0.3 is 0 Å². The Morgan fingerprint density at radius 2 is 1.66 bits per heavy atom. The maximum atomic E-state index is 12.5. The van der Waals surface area contributed by atoms with Crippen LogP contribution in [0.15, 0.2) is 60.8 Å². The standard InChI is InChI=1S/C22H23N3O4/c1-27-19-7-5-4-6-17(19)25-16-10-11-23-18(13-16)22(26)24-14-15-8-9-20(28-2)21(12-15)29-3/h4-13H,14H2,1-3H3,(H,23,25)(H,24,26). The monoisotopic (exact) mass is 393 g/mol. The molecule has 1 aromatic heterocycles. The number of benzene rings is 2. The molecule has 0 saturated carbocycles. The maximum Gasteiger partial charge on any atom is 0.270 e. The summed E-state index contributed by atoms with van der Waals surface area (Å²) in [6, 6.07) is 16.5. The molecule has 0 aliphatic carbocycles. The molecular formula is C22H23N3O4. The van der Waals surface area contributed by atoms with E-state index in [9.17, 15) is 4.79 Å². The van der Waals surface area contributed by atoms with E-state index < -0.39 is 0 Å². The molecule has 3 aromatic rings. The molecule has 29 heavy (non-hydrogen) atoms. The molecule has 7 nitrogen and oxygen atoms in total. The van der Waals surface area contributed by atoms with E-state index in [4.69, 9.17) is 14.2 Å². The number of rotatable bonds is 8. The molecule has 2 aromatic carbocycles. The fourth-order valence-electron chi connectivity index (χ4n) is 2.80. The summed E-state index contributed by atoms with van der Waals surface area (Å²) in [7, 11) is 4.77. The molecule has 0 radical (unpaired) electrons. The molecule has 150 valence electrons. The molecule has 0 spiro atoms. The van der Waals surface area contributed by atoms with E-state index in [0.717, 1.165) is 16.9 Å². The number of hydrogen-bond acceptors (Lipinski definition) is 6. The lowest BCUT2D eigenvalue weighted by molar-refractivity contribution is 0.0946. The second kappa shape index (κ2) is 9.45. The van der Waals surface area contributed by atoms with Gasteiger partial charge in [0.05, 0.1) is 27.0 Å². The van der Waals surface area contributed by atoms with Crippen LogP contribution in [-0.4, -0.2) is 32.2 Å². The van der Waals surface area contributed by atoms with Crippen molar-refractivity contribution in [3.05, 3.63) is 72.1 Å². The summed E-state index contributed by atoms with van der Waals surface area (Å²) in [4.78, 5) is 16.7. The van der Waals surface area contributed by atoms with Crippen molar-refractivity contribution in [2.24, 2.45) is 0 Å². The number of nitrogens with zero attached hydrogens (tertiary/aromatic N) is 1. The van der Waals surface area contributed by atoms with Crippen molar-refractivity contribution in [1.82, 2.24) is 10.3 Å². The average molecular weight is 393 g/mol. The molecule has 0 saturated heterocycles. The van der Waals surface area contributed by atoms with Crippen LogP contribution in [0.4, 0.5) is 11.4 Å². The molecule has 1 heterocycles. The molecule has 0 bridgehead atoms. The Labute approximate surface area is 169 Å². The van der Waals surface area contributed by atoms with Gasteiger partial charge in [-0.3, -0.25) is 9.78 Å². The highest BCUT2D eigenvalue weighted by molar-refractivity contribution is 5.93. The summed E-state index contributed by atoms with van der Waals surface area (Å²) in [5, 5.41) is 6.11. The molecule has 0 aliphatic heterocycles. The van der Waals surface area contributed by atoms with E-state index in [1.807, 2.05) is 36.4 Å². The van der Waals surface area contributed by atoms with Gasteiger partial charge in [-0.25, -0.2) is 0 Å². The molecule has 0 aliphatic rings. The van der Waals surface area contributed by atoms with Crippen molar-refractivity contribution in [3.63, 3.8) is 0 Å². The number of aromatic nitrogens is 1. The van der Waals surface area contributed by atoms with Crippen molar-refractivity contribution in [1.29, 1.82) is 0 Å². The number of carbonyl (C=O) groups is 1. The molecule has 3 rings (SSSR count). The molecule has 0 unspecified atom stereocenters. The molecule has 1 amide bonds. The smallest absolute Gasteiger partial charge is 0.270 e. The first-order valence-electron chi connectivity index (χ1n) is 8.99. The molecule has 7 heteroatoms. The largest absolute Gasteiger partial charge is 0.495 e. The van der Waals surface area contributed by atoms with E-state index in [1.54, 1.807) is 45.7 Å². The lowest BCUT2D eigenvalue weighted by Crippen LogP contribution is -2.23. The minimum Gasteiger partial charge on any atom is -0.495 e. The van der Waals surface area contributed by atoms with Crippen molar-refractivity contribution >= 4 is 17.3 Å². The van der Waals surface area contributed by atoms with Gasteiger partial charge in [-0.15, -0.1) is 0 Å². The van der Waals surface area contributed by atoms with E-state index >= 15 is 0 Å². The van der Waals surface area contributed by atoms with E-state index in [2.05, 4.69) is 15.6 Å². The Morgan fingerprint density at radius 1 is 0.897 bits per heavy atom. The van der Waals surface area contributed by atoms with E-state index in [0.29, 0.717) is 29.5 Å². The number of nitrogens with one attached hydrogen (secondary N) is 2. The lowest BCUT2D eigenvalue weighted by Gasteiger charge is -2.12. The van der Waals surface area contributed by atoms with Crippen LogP contribution in [0.5, 0.6) is 17.2 Å². The first kappa shape index (κ1) is 20.0. The van der Waals surface area contributed by atoms with E-state index in [1.165, 1.54) is 0 Å². The SMILES string of the molecule is COc1ccccc1Nc1ccnc(C(=O)NCc2ccc(OC)c(OC)c2)c1. The van der Waals surface area contributed by atoms with Gasteiger partial charge in [0.2, 0.25) is 0 Å². The van der Waals surface area contributed by atoms with E-state index in [-0.39, 0.29) is 5.91 Å². The van der Waals surface area contributed by atoms with Crippen LogP contribution in [-0.2, 0) is 6.54 Å². The second-order valence-corrected chi connectivity index (χ2v) is 6.13. The predicted molar refractivity (Wildman–Crippen MR) is 111 cm³/mol. The van der Waals surface area contributed by atoms with Crippen molar-refractivity contribution in [2.75, 3.05) is 26.6 Å². The molecule has 0 fully saturated rings. The lowest BCUT2D eigenvalue weighted by atomic mass is 10.2. The van der Waals surface area contributed by atoms with Gasteiger partial charge in [-0.2, -0.15) is 0 Å². The first-order valence-corrected chi connectivity index (χ1v) is 8.99. The quantitative estimate of drug-likeness (QED) is 0.606. The number of hydrogen-bond donors (Lipinski definition) is 2. The summed E-state index contributed by atoms with van der Waals surface area (Å²) in [6.45, 7) is 0.338. The molecule has 0 atom stereocenters. The number of para-hydroxylation sites is 2. The zero-order valence-corrected chi connectivity index (χ0v) is 16.6. The van der Waals surface area contributed by atoms with Gasteiger partial charge in [0, 0.05) is 18.4 Å². The van der Waals surface area contributed by atoms with Crippen LogP contribution < -0.4 is 24.8 Å². The molecule has 2 N–H and O–H groups in total. The number of anilines is 2. The highest BCUT2D eigenvalue weighted by Gasteiger charge is 2.10. The van der Waals surface area contributed by atoms with Crippen LogP contribution in [0.25, 0.3) is 0 Å². The number of pyridine rings is 1. The Balaban J connectivity index is 1.68. The minimum absolute atomic E-state index is 0.275. The fourth-order valence-corrected chi connectivity index (χ4v) is 2.80. The van der Waals surface area contributed by atoms with Crippen LogP contribution in [0.1, 0.15) is 16.1 Å². The van der Waals surface area contributed by atoms with Gasteiger partial charge in [-0.1, -0.05) is 18.2 Å². The van der Waals surface area contributed by atoms with Crippen molar-refractivity contribution in [2.45, 2.75) is 6.54 Å². The summed E-state index contributed by atoms with van der Waals surface area (Å²) in [6.07, 6.45) is 1.59. The number of ether oxygens (including phenoxy) is 3. The molecular weight excluding hydrogens is 370 g/mol. The normalized spacial score (nSPS) is 10.2. The van der Waals surface area contributed by atoms with Crippen LogP contribution in [0, 0.1) is 0 Å². The van der Waals surface area contributed by atoms with Gasteiger partial charge in [-0.05, 0) is 42.0 Å². The minimum atomic E-state index is -0.275. The Bertz CT molecular complexity index is 991. The fraction of sp³-hybridized carbons (Fsp3) is 0.182. The summed E-state index contributed by atoms with van der Waals surface area (Å²) in [5.41, 5.74) is 2.74. The van der Waals surface area contributed by atoms with Gasteiger partial charge in [0.15, 0.2) is 11.5 Å². The first-order chi connectivity index (χ1) is 14.1. The highest BCUT2D eigenvalue weighted by Crippen LogP contribution is 2.28. The van der Waals surface area contributed by atoms with Gasteiger partial charge < -0.3 is 24.8 Å². The Hall–Kier alpha value is -3.74. The van der Waals surface area contributed by atoms with Crippen molar-refractivity contribution < 1.29 is 19.0 Å². The summed E-state index contributed by atoms with van der Waals surface area (Å²) < 4.78 is 15.9. The summed E-state index contributed by atoms with van der Waals surface area (Å²) >= 11 is 0. The zero-order valence-electron chi connectivity index (χ0n) is 16.6.